The third-order valence-electron chi connectivity index (χ3n) is 5.64. The largest absolute Gasteiger partial charge is 0.340 e. The Morgan fingerprint density at radius 3 is 2.69 bits per heavy atom. The number of benzene rings is 1. The predicted molar refractivity (Wildman–Crippen MR) is 97.0 cm³/mol. The number of hydrogen-bond acceptors (Lipinski definition) is 6. The molecule has 2 aliphatic rings. The summed E-state index contributed by atoms with van der Waals surface area (Å²) in [5.41, 5.74) is 0.846. The van der Waals surface area contributed by atoms with Crippen molar-refractivity contribution in [1.82, 2.24) is 19.3 Å². The van der Waals surface area contributed by atoms with E-state index in [4.69, 9.17) is 4.52 Å². The highest BCUT2D eigenvalue weighted by Gasteiger charge is 2.54. The third-order valence-corrected chi connectivity index (χ3v) is 6.89. The van der Waals surface area contributed by atoms with Crippen LogP contribution in [0.25, 0.3) is 0 Å². The van der Waals surface area contributed by atoms with Crippen molar-refractivity contribution in [3.63, 3.8) is 0 Å². The zero-order valence-corrected chi connectivity index (χ0v) is 15.9. The van der Waals surface area contributed by atoms with E-state index < -0.39 is 15.4 Å². The highest BCUT2D eigenvalue weighted by atomic mass is 32.2. The first kappa shape index (κ1) is 17.6. The standard InChI is InChI=1S/C18H24N4O3S/c1-14-19-17(20-25-14)18-12-21(10-15-6-4-3-5-7-15)11-16(18)8-9-22(13-18)26(2,23)24/h3-7,16H,8-13H2,1-2H3/t16-,18+/m0/s1. The molecule has 2 aromatic rings. The van der Waals surface area contributed by atoms with Crippen LogP contribution in [0.3, 0.4) is 0 Å². The van der Waals surface area contributed by atoms with Crippen LogP contribution in [0.2, 0.25) is 0 Å². The fraction of sp³-hybridized carbons (Fsp3) is 0.556. The van der Waals surface area contributed by atoms with Crippen LogP contribution in [-0.4, -0.2) is 60.2 Å². The first-order chi connectivity index (χ1) is 12.4. The predicted octanol–water partition coefficient (Wildman–Crippen LogP) is 1.41. The van der Waals surface area contributed by atoms with Crippen LogP contribution in [0.15, 0.2) is 34.9 Å². The Kier molecular flexibility index (Phi) is 4.37. The summed E-state index contributed by atoms with van der Waals surface area (Å²) in [4.78, 5) is 6.89. The van der Waals surface area contributed by atoms with E-state index in [1.54, 1.807) is 11.2 Å². The van der Waals surface area contributed by atoms with Gasteiger partial charge < -0.3 is 4.52 Å². The highest BCUT2D eigenvalue weighted by molar-refractivity contribution is 7.88. The molecule has 7 nitrogen and oxygen atoms in total. The minimum Gasteiger partial charge on any atom is -0.340 e. The zero-order chi connectivity index (χ0) is 18.4. The van der Waals surface area contributed by atoms with Gasteiger partial charge in [0.15, 0.2) is 5.82 Å². The van der Waals surface area contributed by atoms with E-state index in [9.17, 15) is 8.42 Å². The number of aryl methyl sites for hydroxylation is 1. The monoisotopic (exact) mass is 376 g/mol. The molecule has 0 amide bonds. The van der Waals surface area contributed by atoms with Gasteiger partial charge in [0, 0.05) is 39.6 Å². The van der Waals surface area contributed by atoms with Crippen molar-refractivity contribution < 1.29 is 12.9 Å². The molecule has 2 aliphatic heterocycles. The van der Waals surface area contributed by atoms with Crippen LogP contribution in [-0.2, 0) is 22.0 Å². The number of nitrogens with zero attached hydrogens (tertiary/aromatic N) is 4. The van der Waals surface area contributed by atoms with Gasteiger partial charge in [-0.2, -0.15) is 4.98 Å². The number of likely N-dealkylation sites (tertiary alicyclic amines) is 1. The summed E-state index contributed by atoms with van der Waals surface area (Å²) in [7, 11) is -3.25. The maximum Gasteiger partial charge on any atom is 0.223 e. The average molecular weight is 376 g/mol. The van der Waals surface area contributed by atoms with Gasteiger partial charge in [-0.05, 0) is 17.9 Å². The molecular weight excluding hydrogens is 352 g/mol. The topological polar surface area (TPSA) is 79.5 Å². The van der Waals surface area contributed by atoms with E-state index in [1.807, 2.05) is 18.2 Å². The van der Waals surface area contributed by atoms with Crippen molar-refractivity contribution in [2.45, 2.75) is 25.3 Å². The molecule has 1 aromatic heterocycles. The molecule has 0 spiro atoms. The average Bonchev–Trinajstić information content (AvgIpc) is 3.18. The smallest absolute Gasteiger partial charge is 0.223 e. The van der Waals surface area contributed by atoms with Gasteiger partial charge in [-0.25, -0.2) is 12.7 Å². The first-order valence-corrected chi connectivity index (χ1v) is 10.7. The van der Waals surface area contributed by atoms with Gasteiger partial charge in [-0.15, -0.1) is 0 Å². The van der Waals surface area contributed by atoms with Crippen molar-refractivity contribution in [3.05, 3.63) is 47.6 Å². The second-order valence-electron chi connectivity index (χ2n) is 7.53. The molecule has 2 atom stereocenters. The summed E-state index contributed by atoms with van der Waals surface area (Å²) in [6.07, 6.45) is 2.09. The molecule has 3 heterocycles. The SMILES string of the molecule is Cc1nc([C@@]23CN(Cc4ccccc4)C[C@@H]2CCN(S(C)(=O)=O)C3)no1. The van der Waals surface area contributed by atoms with Gasteiger partial charge in [0.25, 0.3) is 0 Å². The van der Waals surface area contributed by atoms with Crippen LogP contribution < -0.4 is 0 Å². The Bertz CT molecular complexity index is 883. The van der Waals surface area contributed by atoms with Crippen LogP contribution in [0.4, 0.5) is 0 Å². The van der Waals surface area contributed by atoms with E-state index in [1.165, 1.54) is 11.8 Å². The molecular formula is C18H24N4O3S. The van der Waals surface area contributed by atoms with Crippen molar-refractivity contribution in [2.75, 3.05) is 32.4 Å². The number of sulfonamides is 1. The van der Waals surface area contributed by atoms with E-state index >= 15 is 0 Å². The molecule has 0 N–H and O–H groups in total. The quantitative estimate of drug-likeness (QED) is 0.803. The minimum atomic E-state index is -3.25. The van der Waals surface area contributed by atoms with Crippen LogP contribution in [0.1, 0.15) is 23.7 Å². The fourth-order valence-electron chi connectivity index (χ4n) is 4.39. The first-order valence-electron chi connectivity index (χ1n) is 8.89. The van der Waals surface area contributed by atoms with E-state index in [2.05, 4.69) is 27.2 Å². The maximum atomic E-state index is 12.2. The number of fused-ring (bicyclic) bond motifs is 1. The molecule has 0 aliphatic carbocycles. The number of hydrogen-bond donors (Lipinski definition) is 0. The van der Waals surface area contributed by atoms with Crippen LogP contribution in [0.5, 0.6) is 0 Å². The Balaban J connectivity index is 1.65. The minimum absolute atomic E-state index is 0.321. The summed E-state index contributed by atoms with van der Waals surface area (Å²) >= 11 is 0. The van der Waals surface area contributed by atoms with Gasteiger partial charge in [0.2, 0.25) is 15.9 Å². The third kappa shape index (κ3) is 3.17. The Labute approximate surface area is 154 Å². The summed E-state index contributed by atoms with van der Waals surface area (Å²) < 4.78 is 31.2. The molecule has 0 unspecified atom stereocenters. The number of rotatable bonds is 4. The van der Waals surface area contributed by atoms with Gasteiger partial charge in [-0.3, -0.25) is 4.90 Å². The van der Waals surface area contributed by atoms with Crippen molar-refractivity contribution >= 4 is 10.0 Å². The van der Waals surface area contributed by atoms with Gasteiger partial charge in [0.1, 0.15) is 0 Å². The number of aromatic nitrogens is 2. The van der Waals surface area contributed by atoms with Gasteiger partial charge >= 0.3 is 0 Å². The van der Waals surface area contributed by atoms with Gasteiger partial charge in [-0.1, -0.05) is 35.5 Å². The molecule has 2 saturated heterocycles. The van der Waals surface area contributed by atoms with E-state index in [0.29, 0.717) is 30.7 Å². The second kappa shape index (κ2) is 6.44. The van der Waals surface area contributed by atoms with E-state index in [0.717, 1.165) is 26.1 Å². The molecule has 2 fully saturated rings. The van der Waals surface area contributed by atoms with Crippen molar-refractivity contribution in [3.8, 4) is 0 Å². The molecule has 0 saturated carbocycles. The Morgan fingerprint density at radius 2 is 2.04 bits per heavy atom. The second-order valence-corrected chi connectivity index (χ2v) is 9.51. The molecule has 140 valence electrons. The maximum absolute atomic E-state index is 12.2. The Hall–Kier alpha value is -1.77. The molecule has 26 heavy (non-hydrogen) atoms. The lowest BCUT2D eigenvalue weighted by Gasteiger charge is -2.41. The summed E-state index contributed by atoms with van der Waals surface area (Å²) in [6.45, 7) is 5.24. The normalized spacial score (nSPS) is 27.5. The highest BCUT2D eigenvalue weighted by Crippen LogP contribution is 2.44. The fourth-order valence-corrected chi connectivity index (χ4v) is 5.29. The summed E-state index contributed by atoms with van der Waals surface area (Å²) in [5.74, 6) is 1.48. The zero-order valence-electron chi connectivity index (χ0n) is 15.1. The summed E-state index contributed by atoms with van der Waals surface area (Å²) in [5, 5.41) is 4.20. The van der Waals surface area contributed by atoms with Crippen molar-refractivity contribution in [1.29, 1.82) is 0 Å². The summed E-state index contributed by atoms with van der Waals surface area (Å²) in [6, 6.07) is 10.3. The molecule has 1 aromatic carbocycles. The lowest BCUT2D eigenvalue weighted by molar-refractivity contribution is 0.173. The Morgan fingerprint density at radius 1 is 1.27 bits per heavy atom. The lowest BCUT2D eigenvalue weighted by atomic mass is 9.73. The molecule has 8 heteroatoms. The molecule has 4 rings (SSSR count). The molecule has 0 radical (unpaired) electrons. The van der Waals surface area contributed by atoms with Crippen molar-refractivity contribution in [2.24, 2.45) is 5.92 Å². The van der Waals surface area contributed by atoms with Crippen LogP contribution >= 0.6 is 0 Å². The van der Waals surface area contributed by atoms with Crippen LogP contribution in [0, 0.1) is 12.8 Å². The van der Waals surface area contributed by atoms with E-state index in [-0.39, 0.29) is 0 Å². The lowest BCUT2D eigenvalue weighted by Crippen LogP contribution is -2.53. The molecule has 0 bridgehead atoms. The number of piperidine rings is 1. The van der Waals surface area contributed by atoms with Gasteiger partial charge in [0.05, 0.1) is 11.7 Å².